The Bertz CT molecular complexity index is 7.51. The van der Waals surface area contributed by atoms with Crippen molar-refractivity contribution in [3.8, 4) is 0 Å². The number of hydrogen-bond donors (Lipinski definition) is 0. The van der Waals surface area contributed by atoms with Crippen molar-refractivity contribution in [1.82, 2.24) is 0 Å². The summed E-state index contributed by atoms with van der Waals surface area (Å²) in [6.07, 6.45) is 0. The molecule has 0 aromatic carbocycles. The first-order chi connectivity index (χ1) is 0. The van der Waals surface area contributed by atoms with Gasteiger partial charge in [0.1, 0.15) is 0 Å². The van der Waals surface area contributed by atoms with Crippen molar-refractivity contribution < 1.29 is 21.9 Å². The summed E-state index contributed by atoms with van der Waals surface area (Å²) in [7, 11) is 0. The van der Waals surface area contributed by atoms with Crippen molar-refractivity contribution in [2.75, 3.05) is 0 Å². The molecule has 0 aromatic rings. The van der Waals surface area contributed by atoms with Gasteiger partial charge in [-0.3, -0.25) is 0 Å². The Balaban J connectivity index is 0. The van der Waals surface area contributed by atoms with E-state index in [-0.39, 0.29) is 81.7 Å². The summed E-state index contributed by atoms with van der Waals surface area (Å²) < 4.78 is 0. The second-order valence-electron chi connectivity index (χ2n) is 0. The molecule has 40 valence electrons. The molecule has 0 aliphatic rings. The maximum absolute atomic E-state index is 0. The third kappa shape index (κ3) is 48.1. The van der Waals surface area contributed by atoms with E-state index in [4.69, 9.17) is 0 Å². The van der Waals surface area contributed by atoms with E-state index in [9.17, 15) is 0 Å². The zero-order chi connectivity index (χ0) is 0. The molecule has 0 saturated carbocycles. The normalized spacial score (nSPS) is 0. The second kappa shape index (κ2) is 84.5. The maximum atomic E-state index is 0. The fourth-order valence-electron chi connectivity index (χ4n) is 0. The molecule has 0 amide bonds. The molecule has 8 N–H and O–H groups in total. The van der Waals surface area contributed by atoms with Crippen molar-refractivity contribution in [2.24, 2.45) is 0 Å². The molecule has 6 heteroatoms. The molecule has 0 fully saturated rings. The molecule has 0 spiro atoms. The Hall–Kier alpha value is 1.54. The van der Waals surface area contributed by atoms with Gasteiger partial charge in [-0.25, -0.2) is 0 Å². The first-order valence-corrected chi connectivity index (χ1v) is 0. The monoisotopic (exact) mass is 126 g/mol. The molecule has 0 atom stereocenters. The summed E-state index contributed by atoms with van der Waals surface area (Å²) >= 11 is 0. The summed E-state index contributed by atoms with van der Waals surface area (Å²) in [6, 6.07) is 0. The standard InChI is InChI=1S/BH3.K.4H2O.H/h1H3;;4*1H2;. The van der Waals surface area contributed by atoms with Crippen molar-refractivity contribution in [1.29, 1.82) is 0 Å². The zero-order valence-electron chi connectivity index (χ0n) is 2.00. The van der Waals surface area contributed by atoms with Gasteiger partial charge >= 0.3 is 51.4 Å². The van der Waals surface area contributed by atoms with Gasteiger partial charge in [0, 0.05) is 0 Å². The predicted octanol–water partition coefficient (Wildman–Crippen LogP) is -5.13. The van der Waals surface area contributed by atoms with E-state index in [1.807, 2.05) is 0 Å². The third-order valence-electron chi connectivity index (χ3n) is 0. The average molecular weight is 126 g/mol. The van der Waals surface area contributed by atoms with Crippen LogP contribution in [-0.4, -0.2) is 81.7 Å². The minimum absolute atomic E-state index is 0. The molecule has 6 heavy (non-hydrogen) atoms. The van der Waals surface area contributed by atoms with Crippen LogP contribution in [0.4, 0.5) is 0 Å². The van der Waals surface area contributed by atoms with Crippen LogP contribution in [-0.2, 0) is 0 Å². The number of hydrogen-bond acceptors (Lipinski definition) is 0. The van der Waals surface area contributed by atoms with Crippen LogP contribution in [0, 0.1) is 0 Å². The Kier molecular flexibility index (Phi) is 1910. The Morgan fingerprint density at radius 2 is 0.500 bits per heavy atom. The number of rotatable bonds is 0. The summed E-state index contributed by atoms with van der Waals surface area (Å²) in [5.41, 5.74) is 0. The van der Waals surface area contributed by atoms with Crippen molar-refractivity contribution in [2.45, 2.75) is 0 Å². The van der Waals surface area contributed by atoms with Crippen LogP contribution in [0.1, 0.15) is 0 Å². The van der Waals surface area contributed by atoms with Crippen LogP contribution in [0.5, 0.6) is 0 Å². The third-order valence-corrected chi connectivity index (χ3v) is 0. The fraction of sp³-hybridized carbons (Fsp3) is 0. The van der Waals surface area contributed by atoms with Crippen molar-refractivity contribution in [3.05, 3.63) is 0 Å². The van der Waals surface area contributed by atoms with Gasteiger partial charge in [0.25, 0.3) is 0 Å². The van der Waals surface area contributed by atoms with Gasteiger partial charge in [-0.05, 0) is 0 Å². The Morgan fingerprint density at radius 1 is 0.500 bits per heavy atom. The van der Waals surface area contributed by atoms with Gasteiger partial charge in [0.05, 0.1) is 8.41 Å². The van der Waals surface area contributed by atoms with Gasteiger partial charge in [0.15, 0.2) is 0 Å². The SMILES string of the molecule is B.O.O.O.O.[KH]. The molecule has 0 unspecified atom stereocenters. The van der Waals surface area contributed by atoms with E-state index in [2.05, 4.69) is 0 Å². The topological polar surface area (TPSA) is 126 Å². The van der Waals surface area contributed by atoms with Gasteiger partial charge in [0.2, 0.25) is 0 Å². The summed E-state index contributed by atoms with van der Waals surface area (Å²) in [6.45, 7) is 0. The van der Waals surface area contributed by atoms with E-state index in [1.165, 1.54) is 0 Å². The first kappa shape index (κ1) is 136. The van der Waals surface area contributed by atoms with Gasteiger partial charge in [-0.2, -0.15) is 0 Å². The van der Waals surface area contributed by atoms with E-state index < -0.39 is 0 Å². The van der Waals surface area contributed by atoms with Gasteiger partial charge in [-0.15, -0.1) is 0 Å². The molecular weight excluding hydrogens is 114 g/mol. The van der Waals surface area contributed by atoms with Crippen LogP contribution < -0.4 is 0 Å². The van der Waals surface area contributed by atoms with Crippen LogP contribution in [0.25, 0.3) is 0 Å². The molecule has 0 heterocycles. The van der Waals surface area contributed by atoms with E-state index >= 15 is 0 Å². The average Bonchev–Trinajstić information content (AvgIpc) is 0. The first-order valence-electron chi connectivity index (χ1n) is 0. The Labute approximate surface area is 80.5 Å². The molecule has 0 rings (SSSR count). The second-order valence-corrected chi connectivity index (χ2v) is 0. The van der Waals surface area contributed by atoms with Gasteiger partial charge < -0.3 is 21.9 Å². The quantitative estimate of drug-likeness (QED) is 0.288. The van der Waals surface area contributed by atoms with Crippen LogP contribution in [0.3, 0.4) is 0 Å². The van der Waals surface area contributed by atoms with E-state index in [1.54, 1.807) is 0 Å². The fourth-order valence-corrected chi connectivity index (χ4v) is 0. The zero-order valence-corrected chi connectivity index (χ0v) is 2.00. The van der Waals surface area contributed by atoms with Crippen molar-refractivity contribution >= 4 is 59.8 Å². The van der Waals surface area contributed by atoms with Crippen LogP contribution in [0.15, 0.2) is 0 Å². The molecular formula is H12BKO4. The van der Waals surface area contributed by atoms with Crippen molar-refractivity contribution in [3.63, 3.8) is 0 Å². The summed E-state index contributed by atoms with van der Waals surface area (Å²) in [4.78, 5) is 0. The predicted molar refractivity (Wildman–Crippen MR) is 31.5 cm³/mol. The van der Waals surface area contributed by atoms with Crippen LogP contribution >= 0.6 is 0 Å². The molecule has 0 aliphatic heterocycles. The summed E-state index contributed by atoms with van der Waals surface area (Å²) in [5, 5.41) is 0. The van der Waals surface area contributed by atoms with E-state index in [0.717, 1.165) is 0 Å². The minimum atomic E-state index is 0. The van der Waals surface area contributed by atoms with Crippen LogP contribution in [0.2, 0.25) is 0 Å². The van der Waals surface area contributed by atoms with E-state index in [0.29, 0.717) is 0 Å². The van der Waals surface area contributed by atoms with Gasteiger partial charge in [-0.1, -0.05) is 0 Å². The molecule has 0 radical (unpaired) electrons. The Morgan fingerprint density at radius 3 is 0.500 bits per heavy atom. The summed E-state index contributed by atoms with van der Waals surface area (Å²) in [5.74, 6) is 0. The molecule has 0 aliphatic carbocycles. The molecule has 4 nitrogen and oxygen atoms in total. The molecule has 0 saturated heterocycles. The molecule has 0 bridgehead atoms. The molecule has 0 aromatic heterocycles.